The van der Waals surface area contributed by atoms with E-state index in [9.17, 15) is 0 Å². The molecule has 0 radical (unpaired) electrons. The number of likely N-dealkylation sites (N-methyl/N-ethyl adjacent to an activating group) is 2. The SMILES string of the molecule is C=C1CN(C)N(C)C1. The molecule has 0 aromatic rings. The molecule has 1 aliphatic heterocycles. The largest absolute Gasteiger partial charge is 0.241 e. The Balaban J connectivity index is 2.51. The molecule has 8 heavy (non-hydrogen) atoms. The van der Waals surface area contributed by atoms with Gasteiger partial charge in [0.2, 0.25) is 0 Å². The molecule has 1 aliphatic rings. The van der Waals surface area contributed by atoms with Crippen molar-refractivity contribution in [3.05, 3.63) is 12.2 Å². The van der Waals surface area contributed by atoms with Gasteiger partial charge < -0.3 is 0 Å². The van der Waals surface area contributed by atoms with Gasteiger partial charge in [-0.2, -0.15) is 0 Å². The van der Waals surface area contributed by atoms with Crippen LogP contribution < -0.4 is 0 Å². The standard InChI is InChI=1S/C6H12N2/c1-6-4-7(2)8(3)5-6/h1,4-5H2,2-3H3. The van der Waals surface area contributed by atoms with Crippen LogP contribution in [-0.2, 0) is 0 Å². The molecule has 0 amide bonds. The highest BCUT2D eigenvalue weighted by atomic mass is 15.6. The van der Waals surface area contributed by atoms with E-state index in [1.807, 2.05) is 0 Å². The normalized spacial score (nSPS) is 25.0. The quantitative estimate of drug-likeness (QED) is 0.417. The van der Waals surface area contributed by atoms with Crippen molar-refractivity contribution in [1.82, 2.24) is 10.0 Å². The summed E-state index contributed by atoms with van der Waals surface area (Å²) in [5.41, 5.74) is 1.30. The van der Waals surface area contributed by atoms with Crippen molar-refractivity contribution in [3.63, 3.8) is 0 Å². The van der Waals surface area contributed by atoms with E-state index >= 15 is 0 Å². The number of rotatable bonds is 0. The molecular formula is C6H12N2. The molecule has 1 rings (SSSR count). The Hall–Kier alpha value is -0.340. The van der Waals surface area contributed by atoms with Crippen LogP contribution >= 0.6 is 0 Å². The minimum atomic E-state index is 1.02. The van der Waals surface area contributed by atoms with Crippen molar-refractivity contribution >= 4 is 0 Å². The van der Waals surface area contributed by atoms with Crippen LogP contribution in [0.5, 0.6) is 0 Å². The van der Waals surface area contributed by atoms with Crippen molar-refractivity contribution in [3.8, 4) is 0 Å². The average Bonchev–Trinajstić information content (AvgIpc) is 1.85. The summed E-state index contributed by atoms with van der Waals surface area (Å²) in [6, 6.07) is 0. The second kappa shape index (κ2) is 1.88. The second-order valence-electron chi connectivity index (χ2n) is 2.38. The van der Waals surface area contributed by atoms with Crippen LogP contribution in [-0.4, -0.2) is 37.2 Å². The predicted octanol–water partition coefficient (Wildman–Crippen LogP) is 0.335. The first-order chi connectivity index (χ1) is 3.70. The fraction of sp³-hybridized carbons (Fsp3) is 0.667. The molecule has 0 aromatic carbocycles. The Bertz CT molecular complexity index is 97.1. The van der Waals surface area contributed by atoms with Crippen LogP contribution in [0.25, 0.3) is 0 Å². The monoisotopic (exact) mass is 112 g/mol. The van der Waals surface area contributed by atoms with Crippen molar-refractivity contribution in [2.45, 2.75) is 0 Å². The molecule has 1 heterocycles. The molecular weight excluding hydrogens is 100 g/mol. The number of hydrogen-bond donors (Lipinski definition) is 0. The van der Waals surface area contributed by atoms with E-state index in [1.54, 1.807) is 0 Å². The number of nitrogens with zero attached hydrogens (tertiary/aromatic N) is 2. The summed E-state index contributed by atoms with van der Waals surface area (Å²) in [7, 11) is 4.14. The third-order valence-corrected chi connectivity index (χ3v) is 1.49. The van der Waals surface area contributed by atoms with Crippen molar-refractivity contribution in [2.75, 3.05) is 27.2 Å². The summed E-state index contributed by atoms with van der Waals surface area (Å²) in [6.07, 6.45) is 0. The maximum Gasteiger partial charge on any atom is 0.0350 e. The van der Waals surface area contributed by atoms with Gasteiger partial charge in [-0.1, -0.05) is 6.58 Å². The van der Waals surface area contributed by atoms with Gasteiger partial charge in [0.25, 0.3) is 0 Å². The van der Waals surface area contributed by atoms with E-state index in [-0.39, 0.29) is 0 Å². The van der Waals surface area contributed by atoms with Crippen molar-refractivity contribution < 1.29 is 0 Å². The molecule has 46 valence electrons. The summed E-state index contributed by atoms with van der Waals surface area (Å²) < 4.78 is 0. The molecule has 0 aliphatic carbocycles. The third kappa shape index (κ3) is 0.904. The van der Waals surface area contributed by atoms with Gasteiger partial charge in [-0.05, 0) is 5.57 Å². The van der Waals surface area contributed by atoms with E-state index in [0.29, 0.717) is 0 Å². The zero-order valence-electron chi connectivity index (χ0n) is 5.52. The lowest BCUT2D eigenvalue weighted by atomic mass is 10.3. The molecule has 0 bridgehead atoms. The molecule has 2 nitrogen and oxygen atoms in total. The maximum atomic E-state index is 3.87. The lowest BCUT2D eigenvalue weighted by Gasteiger charge is -2.16. The van der Waals surface area contributed by atoms with Crippen LogP contribution in [0.4, 0.5) is 0 Å². The van der Waals surface area contributed by atoms with E-state index in [1.165, 1.54) is 5.57 Å². The zero-order valence-corrected chi connectivity index (χ0v) is 5.52. The lowest BCUT2D eigenvalue weighted by Crippen LogP contribution is -2.28. The van der Waals surface area contributed by atoms with Crippen LogP contribution in [0.2, 0.25) is 0 Å². The molecule has 0 unspecified atom stereocenters. The molecule has 1 saturated heterocycles. The zero-order chi connectivity index (χ0) is 6.15. The molecule has 1 fully saturated rings. The summed E-state index contributed by atoms with van der Waals surface area (Å²) in [6.45, 7) is 5.92. The Morgan fingerprint density at radius 1 is 1.25 bits per heavy atom. The second-order valence-corrected chi connectivity index (χ2v) is 2.38. The number of hydrogen-bond acceptors (Lipinski definition) is 2. The first-order valence-corrected chi connectivity index (χ1v) is 2.79. The van der Waals surface area contributed by atoms with E-state index in [2.05, 4.69) is 30.7 Å². The highest BCUT2D eigenvalue weighted by Crippen LogP contribution is 2.07. The smallest absolute Gasteiger partial charge is 0.0350 e. The summed E-state index contributed by atoms with van der Waals surface area (Å²) in [4.78, 5) is 0. The van der Waals surface area contributed by atoms with Gasteiger partial charge in [0.15, 0.2) is 0 Å². The predicted molar refractivity (Wildman–Crippen MR) is 34.4 cm³/mol. The summed E-state index contributed by atoms with van der Waals surface area (Å²) in [5, 5.41) is 4.31. The van der Waals surface area contributed by atoms with Gasteiger partial charge in [-0.15, -0.1) is 0 Å². The van der Waals surface area contributed by atoms with Crippen LogP contribution in [0.1, 0.15) is 0 Å². The van der Waals surface area contributed by atoms with Crippen molar-refractivity contribution in [2.24, 2.45) is 0 Å². The Kier molecular flexibility index (Phi) is 1.36. The van der Waals surface area contributed by atoms with Gasteiger partial charge in [0.1, 0.15) is 0 Å². The van der Waals surface area contributed by atoms with Gasteiger partial charge in [-0.3, -0.25) is 0 Å². The van der Waals surface area contributed by atoms with Crippen molar-refractivity contribution in [1.29, 1.82) is 0 Å². The van der Waals surface area contributed by atoms with E-state index in [0.717, 1.165) is 13.1 Å². The Morgan fingerprint density at radius 3 is 1.75 bits per heavy atom. The first-order valence-electron chi connectivity index (χ1n) is 2.79. The Labute approximate surface area is 50.4 Å². The fourth-order valence-electron chi connectivity index (χ4n) is 0.939. The molecule has 0 saturated carbocycles. The lowest BCUT2D eigenvalue weighted by molar-refractivity contribution is 0.0894. The highest BCUT2D eigenvalue weighted by molar-refractivity contribution is 5.03. The number of hydrazine groups is 1. The van der Waals surface area contributed by atoms with Gasteiger partial charge in [-0.25, -0.2) is 10.0 Å². The van der Waals surface area contributed by atoms with Gasteiger partial charge >= 0.3 is 0 Å². The minimum Gasteiger partial charge on any atom is -0.241 e. The molecule has 0 atom stereocenters. The minimum absolute atomic E-state index is 1.02. The average molecular weight is 112 g/mol. The van der Waals surface area contributed by atoms with Crippen LogP contribution in [0.15, 0.2) is 12.2 Å². The van der Waals surface area contributed by atoms with Gasteiger partial charge in [0, 0.05) is 27.2 Å². The highest BCUT2D eigenvalue weighted by Gasteiger charge is 2.15. The molecule has 0 spiro atoms. The third-order valence-electron chi connectivity index (χ3n) is 1.49. The van der Waals surface area contributed by atoms with E-state index < -0.39 is 0 Å². The maximum absolute atomic E-state index is 3.87. The first kappa shape index (κ1) is 5.79. The molecule has 0 N–H and O–H groups in total. The summed E-state index contributed by atoms with van der Waals surface area (Å²) in [5.74, 6) is 0. The van der Waals surface area contributed by atoms with Crippen LogP contribution in [0, 0.1) is 0 Å². The van der Waals surface area contributed by atoms with E-state index in [4.69, 9.17) is 0 Å². The van der Waals surface area contributed by atoms with Gasteiger partial charge in [0.05, 0.1) is 0 Å². The van der Waals surface area contributed by atoms with Crippen LogP contribution in [0.3, 0.4) is 0 Å². The fourth-order valence-corrected chi connectivity index (χ4v) is 0.939. The topological polar surface area (TPSA) is 6.48 Å². The summed E-state index contributed by atoms with van der Waals surface area (Å²) >= 11 is 0. The molecule has 2 heteroatoms. The Morgan fingerprint density at radius 2 is 1.62 bits per heavy atom. The molecule has 0 aromatic heterocycles.